The average Bonchev–Trinajstić information content (AvgIpc) is 2.88. The molecule has 2 bridgehead atoms. The Hall–Kier alpha value is -0.610. The summed E-state index contributed by atoms with van der Waals surface area (Å²) in [6.45, 7) is 6.03. The monoisotopic (exact) mass is 253 g/mol. The van der Waals surface area contributed by atoms with Crippen LogP contribution in [0.1, 0.15) is 46.5 Å². The number of hydrogen-bond acceptors (Lipinski definition) is 3. The summed E-state index contributed by atoms with van der Waals surface area (Å²) in [5.74, 6) is 0.111. The summed E-state index contributed by atoms with van der Waals surface area (Å²) < 4.78 is 5.81. The van der Waals surface area contributed by atoms with Gasteiger partial charge in [-0.3, -0.25) is 4.79 Å². The summed E-state index contributed by atoms with van der Waals surface area (Å²) in [5.41, 5.74) is -0.565. The van der Waals surface area contributed by atoms with E-state index in [-0.39, 0.29) is 41.1 Å². The van der Waals surface area contributed by atoms with Gasteiger partial charge in [-0.1, -0.05) is 13.8 Å². The van der Waals surface area contributed by atoms with Crippen LogP contribution >= 0.6 is 0 Å². The Balaban J connectivity index is 1.66. The molecule has 5 atom stereocenters. The topological polar surface area (TPSA) is 58.6 Å². The molecule has 1 aliphatic carbocycles. The van der Waals surface area contributed by atoms with Crippen molar-refractivity contribution in [2.45, 2.75) is 70.8 Å². The first kappa shape index (κ1) is 12.4. The van der Waals surface area contributed by atoms with E-state index in [1.165, 1.54) is 0 Å². The standard InChI is InChI=1S/C14H23NO3/c1-13(2)9(6-10(13)16)15-12(17)14(3)7-8-4-5-11(14)18-8/h8-11,16H,4-7H2,1-3H3,(H,15,17). The summed E-state index contributed by atoms with van der Waals surface area (Å²) in [6.07, 6.45) is 3.70. The molecule has 0 aromatic rings. The van der Waals surface area contributed by atoms with Crippen molar-refractivity contribution >= 4 is 5.91 Å². The van der Waals surface area contributed by atoms with E-state index in [2.05, 4.69) is 5.32 Å². The zero-order valence-corrected chi connectivity index (χ0v) is 11.4. The molecule has 18 heavy (non-hydrogen) atoms. The lowest BCUT2D eigenvalue weighted by Gasteiger charge is -2.50. The van der Waals surface area contributed by atoms with Crippen molar-refractivity contribution in [3.8, 4) is 0 Å². The number of hydrogen-bond donors (Lipinski definition) is 2. The van der Waals surface area contributed by atoms with Gasteiger partial charge in [0.15, 0.2) is 0 Å². The molecule has 0 aromatic heterocycles. The van der Waals surface area contributed by atoms with E-state index < -0.39 is 0 Å². The molecule has 3 fully saturated rings. The lowest BCUT2D eigenvalue weighted by atomic mass is 9.64. The van der Waals surface area contributed by atoms with Crippen LogP contribution in [-0.2, 0) is 9.53 Å². The molecule has 4 nitrogen and oxygen atoms in total. The zero-order valence-electron chi connectivity index (χ0n) is 11.4. The second-order valence-electron chi connectivity index (χ2n) is 7.04. The average molecular weight is 253 g/mol. The fourth-order valence-electron chi connectivity index (χ4n) is 3.64. The van der Waals surface area contributed by atoms with Crippen LogP contribution in [0.15, 0.2) is 0 Å². The number of carbonyl (C=O) groups excluding carboxylic acids is 1. The minimum atomic E-state index is -0.362. The molecule has 3 rings (SSSR count). The summed E-state index contributed by atoms with van der Waals surface area (Å²) in [6, 6.07) is 0.0935. The van der Waals surface area contributed by atoms with Crippen LogP contribution in [0.25, 0.3) is 0 Å². The van der Waals surface area contributed by atoms with Gasteiger partial charge in [0.05, 0.1) is 23.7 Å². The smallest absolute Gasteiger partial charge is 0.228 e. The van der Waals surface area contributed by atoms with Crippen LogP contribution in [0.4, 0.5) is 0 Å². The molecule has 2 N–H and O–H groups in total. The van der Waals surface area contributed by atoms with E-state index in [1.807, 2.05) is 20.8 Å². The fourth-order valence-corrected chi connectivity index (χ4v) is 3.64. The molecule has 1 amide bonds. The van der Waals surface area contributed by atoms with Gasteiger partial charge >= 0.3 is 0 Å². The van der Waals surface area contributed by atoms with Gasteiger partial charge in [-0.15, -0.1) is 0 Å². The predicted octanol–water partition coefficient (Wildman–Crippen LogP) is 1.22. The number of amides is 1. The number of aliphatic hydroxyl groups excluding tert-OH is 1. The highest BCUT2D eigenvalue weighted by molar-refractivity contribution is 5.84. The third-order valence-corrected chi connectivity index (χ3v) is 5.51. The first-order valence-corrected chi connectivity index (χ1v) is 6.98. The van der Waals surface area contributed by atoms with Gasteiger partial charge in [0.1, 0.15) is 0 Å². The van der Waals surface area contributed by atoms with Crippen LogP contribution in [0, 0.1) is 10.8 Å². The predicted molar refractivity (Wildman–Crippen MR) is 67.0 cm³/mol. The third-order valence-electron chi connectivity index (χ3n) is 5.51. The minimum absolute atomic E-state index is 0.0932. The Labute approximate surface area is 108 Å². The van der Waals surface area contributed by atoms with Crippen LogP contribution in [0.2, 0.25) is 0 Å². The van der Waals surface area contributed by atoms with Crippen molar-refractivity contribution in [2.24, 2.45) is 10.8 Å². The number of carbonyl (C=O) groups is 1. The second-order valence-corrected chi connectivity index (χ2v) is 7.04. The first-order chi connectivity index (χ1) is 8.34. The molecule has 2 aliphatic heterocycles. The molecule has 3 aliphatic rings. The van der Waals surface area contributed by atoms with E-state index >= 15 is 0 Å². The molecule has 4 heteroatoms. The summed E-state index contributed by atoms with van der Waals surface area (Å²) in [4.78, 5) is 12.5. The molecule has 1 saturated carbocycles. The van der Waals surface area contributed by atoms with Crippen molar-refractivity contribution in [2.75, 3.05) is 0 Å². The molecular formula is C14H23NO3. The SMILES string of the molecule is CC1(C(=O)NC2CC(O)C2(C)C)CC2CCC1O2. The summed E-state index contributed by atoms with van der Waals surface area (Å²) in [5, 5.41) is 12.8. The fraction of sp³-hybridized carbons (Fsp3) is 0.929. The highest BCUT2D eigenvalue weighted by atomic mass is 16.5. The van der Waals surface area contributed by atoms with E-state index in [1.54, 1.807) is 0 Å². The van der Waals surface area contributed by atoms with Crippen molar-refractivity contribution in [1.29, 1.82) is 0 Å². The van der Waals surface area contributed by atoms with E-state index in [0.717, 1.165) is 19.3 Å². The Bertz CT molecular complexity index is 381. The molecule has 102 valence electrons. The van der Waals surface area contributed by atoms with Gasteiger partial charge in [0.25, 0.3) is 0 Å². The zero-order chi connectivity index (χ0) is 13.1. The number of nitrogens with one attached hydrogen (secondary N) is 1. The van der Waals surface area contributed by atoms with Gasteiger partial charge in [-0.2, -0.15) is 0 Å². The summed E-state index contributed by atoms with van der Waals surface area (Å²) in [7, 11) is 0. The Morgan fingerprint density at radius 2 is 2.06 bits per heavy atom. The molecule has 2 heterocycles. The summed E-state index contributed by atoms with van der Waals surface area (Å²) >= 11 is 0. The van der Waals surface area contributed by atoms with Crippen molar-refractivity contribution < 1.29 is 14.6 Å². The molecule has 0 radical (unpaired) electrons. The number of ether oxygens (including phenoxy) is 1. The maximum Gasteiger partial charge on any atom is 0.228 e. The molecule has 2 saturated heterocycles. The Kier molecular flexibility index (Phi) is 2.55. The maximum absolute atomic E-state index is 12.5. The lowest BCUT2D eigenvalue weighted by molar-refractivity contribution is -0.140. The number of rotatable bonds is 2. The molecule has 5 unspecified atom stereocenters. The lowest BCUT2D eigenvalue weighted by Crippen LogP contribution is -2.63. The van der Waals surface area contributed by atoms with Crippen LogP contribution in [-0.4, -0.2) is 35.4 Å². The third kappa shape index (κ3) is 1.55. The Morgan fingerprint density at radius 3 is 2.50 bits per heavy atom. The maximum atomic E-state index is 12.5. The largest absolute Gasteiger partial charge is 0.392 e. The van der Waals surface area contributed by atoms with E-state index in [4.69, 9.17) is 4.74 Å². The van der Waals surface area contributed by atoms with Crippen molar-refractivity contribution in [3.05, 3.63) is 0 Å². The highest BCUT2D eigenvalue weighted by Crippen LogP contribution is 2.48. The van der Waals surface area contributed by atoms with Crippen molar-refractivity contribution in [1.82, 2.24) is 5.32 Å². The van der Waals surface area contributed by atoms with E-state index in [0.29, 0.717) is 6.42 Å². The van der Waals surface area contributed by atoms with Crippen LogP contribution in [0.3, 0.4) is 0 Å². The van der Waals surface area contributed by atoms with Gasteiger partial charge in [-0.25, -0.2) is 0 Å². The van der Waals surface area contributed by atoms with Crippen LogP contribution in [0.5, 0.6) is 0 Å². The molecule has 0 spiro atoms. The van der Waals surface area contributed by atoms with Crippen molar-refractivity contribution in [3.63, 3.8) is 0 Å². The number of aliphatic hydroxyl groups is 1. The quantitative estimate of drug-likeness (QED) is 0.778. The normalized spacial score (nSPS) is 48.9. The van der Waals surface area contributed by atoms with E-state index in [9.17, 15) is 9.90 Å². The first-order valence-electron chi connectivity index (χ1n) is 6.98. The van der Waals surface area contributed by atoms with Gasteiger partial charge in [0.2, 0.25) is 5.91 Å². The van der Waals surface area contributed by atoms with Gasteiger partial charge in [0, 0.05) is 11.5 Å². The second kappa shape index (κ2) is 3.70. The molecule has 0 aromatic carbocycles. The molecular weight excluding hydrogens is 230 g/mol. The van der Waals surface area contributed by atoms with Crippen LogP contribution < -0.4 is 5.32 Å². The Morgan fingerprint density at radius 1 is 1.33 bits per heavy atom. The minimum Gasteiger partial charge on any atom is -0.392 e. The van der Waals surface area contributed by atoms with Gasteiger partial charge < -0.3 is 15.2 Å². The number of fused-ring (bicyclic) bond motifs is 2. The van der Waals surface area contributed by atoms with Gasteiger partial charge in [-0.05, 0) is 32.6 Å². The highest BCUT2D eigenvalue weighted by Gasteiger charge is 2.56.